The van der Waals surface area contributed by atoms with Crippen LogP contribution in [0.1, 0.15) is 6.42 Å². The Hall–Kier alpha value is -2.60. The number of ether oxygens (including phenoxy) is 1. The smallest absolute Gasteiger partial charge is 0.229 e. The second-order valence-corrected chi connectivity index (χ2v) is 5.63. The summed E-state index contributed by atoms with van der Waals surface area (Å²) in [5, 5.41) is 6.55. The van der Waals surface area contributed by atoms with Crippen LogP contribution in [0.25, 0.3) is 0 Å². The summed E-state index contributed by atoms with van der Waals surface area (Å²) in [4.78, 5) is 11.2. The van der Waals surface area contributed by atoms with Crippen molar-refractivity contribution in [2.75, 3.05) is 43.9 Å². The van der Waals surface area contributed by atoms with E-state index >= 15 is 0 Å². The zero-order chi connectivity index (χ0) is 16.6. The molecule has 24 heavy (non-hydrogen) atoms. The molecule has 0 spiro atoms. The average molecular weight is 325 g/mol. The fourth-order valence-corrected chi connectivity index (χ4v) is 2.57. The van der Waals surface area contributed by atoms with Crippen molar-refractivity contribution in [3.8, 4) is 5.75 Å². The van der Waals surface area contributed by atoms with E-state index in [-0.39, 0.29) is 0 Å². The summed E-state index contributed by atoms with van der Waals surface area (Å²) in [5.41, 5.74) is 0.896. The van der Waals surface area contributed by atoms with Crippen molar-refractivity contribution < 1.29 is 4.74 Å². The van der Waals surface area contributed by atoms with Crippen molar-refractivity contribution in [3.05, 3.63) is 48.7 Å². The second kappa shape index (κ2) is 8.31. The number of rotatable bonds is 8. The van der Waals surface area contributed by atoms with E-state index in [1.165, 1.54) is 0 Å². The van der Waals surface area contributed by atoms with Crippen LogP contribution in [0.5, 0.6) is 5.75 Å². The molecule has 2 N–H and O–H groups in total. The van der Waals surface area contributed by atoms with E-state index in [4.69, 9.17) is 4.74 Å². The fourth-order valence-electron chi connectivity index (χ4n) is 2.57. The normalized spacial score (nSPS) is 13.9. The monoisotopic (exact) mass is 325 g/mol. The molecule has 6 heteroatoms. The van der Waals surface area contributed by atoms with Crippen LogP contribution >= 0.6 is 0 Å². The fraction of sp³-hybridized carbons (Fsp3) is 0.333. The lowest BCUT2D eigenvalue weighted by molar-refractivity contribution is 0.351. The van der Waals surface area contributed by atoms with Gasteiger partial charge >= 0.3 is 0 Å². The first-order chi connectivity index (χ1) is 11.8. The summed E-state index contributed by atoms with van der Waals surface area (Å²) >= 11 is 0. The molecular weight excluding hydrogens is 302 g/mol. The van der Waals surface area contributed by atoms with Crippen LogP contribution < -0.4 is 15.4 Å². The summed E-state index contributed by atoms with van der Waals surface area (Å²) in [6, 6.07) is 9.58. The van der Waals surface area contributed by atoms with Crippen molar-refractivity contribution in [2.45, 2.75) is 6.42 Å². The van der Waals surface area contributed by atoms with Gasteiger partial charge in [0.2, 0.25) is 5.95 Å². The summed E-state index contributed by atoms with van der Waals surface area (Å²) in [6.07, 6.45) is 7.27. The molecule has 6 nitrogen and oxygen atoms in total. The van der Waals surface area contributed by atoms with Gasteiger partial charge in [0.05, 0.1) is 7.11 Å². The van der Waals surface area contributed by atoms with Crippen molar-refractivity contribution in [2.24, 2.45) is 0 Å². The third kappa shape index (κ3) is 4.70. The lowest BCUT2D eigenvalue weighted by Crippen LogP contribution is -2.23. The van der Waals surface area contributed by atoms with Crippen molar-refractivity contribution in [3.63, 3.8) is 0 Å². The summed E-state index contributed by atoms with van der Waals surface area (Å²) < 4.78 is 5.22. The number of nitrogens with one attached hydrogen (secondary N) is 2. The number of nitrogens with zero attached hydrogens (tertiary/aromatic N) is 3. The Kier molecular flexibility index (Phi) is 5.63. The van der Waals surface area contributed by atoms with Crippen LogP contribution in [-0.4, -0.2) is 48.2 Å². The Morgan fingerprint density at radius 2 is 2.08 bits per heavy atom. The van der Waals surface area contributed by atoms with E-state index in [1.807, 2.05) is 30.3 Å². The summed E-state index contributed by atoms with van der Waals surface area (Å²) in [6.45, 7) is 4.14. The minimum atomic E-state index is 0.567. The van der Waals surface area contributed by atoms with Crippen LogP contribution in [0.15, 0.2) is 48.7 Å². The van der Waals surface area contributed by atoms with Crippen LogP contribution in [0.3, 0.4) is 0 Å². The van der Waals surface area contributed by atoms with Gasteiger partial charge in [-0.2, -0.15) is 4.98 Å². The summed E-state index contributed by atoms with van der Waals surface area (Å²) in [5.74, 6) is 2.19. The largest absolute Gasteiger partial charge is 0.497 e. The molecule has 2 heterocycles. The molecule has 0 aliphatic carbocycles. The topological polar surface area (TPSA) is 62.3 Å². The molecule has 0 saturated carbocycles. The zero-order valence-electron chi connectivity index (χ0n) is 13.9. The quantitative estimate of drug-likeness (QED) is 0.575. The van der Waals surface area contributed by atoms with E-state index in [0.29, 0.717) is 5.95 Å². The van der Waals surface area contributed by atoms with Crippen molar-refractivity contribution >= 4 is 17.5 Å². The lowest BCUT2D eigenvalue weighted by atomic mass is 10.3. The highest BCUT2D eigenvalue weighted by molar-refractivity contribution is 5.56. The predicted molar refractivity (Wildman–Crippen MR) is 97.0 cm³/mol. The molecule has 0 fully saturated rings. The first kappa shape index (κ1) is 16.3. The van der Waals surface area contributed by atoms with Gasteiger partial charge in [0.25, 0.3) is 0 Å². The van der Waals surface area contributed by atoms with Gasteiger partial charge in [-0.25, -0.2) is 4.98 Å². The summed E-state index contributed by atoms with van der Waals surface area (Å²) in [7, 11) is 1.65. The zero-order valence-corrected chi connectivity index (χ0v) is 13.9. The van der Waals surface area contributed by atoms with Gasteiger partial charge in [0.15, 0.2) is 0 Å². The Labute approximate surface area is 142 Å². The number of hydrogen-bond donors (Lipinski definition) is 2. The molecular formula is C18H23N5O. The molecule has 0 radical (unpaired) electrons. The van der Waals surface area contributed by atoms with Crippen LogP contribution in [-0.2, 0) is 0 Å². The SMILES string of the molecule is COc1cccc(Nc2nccc(NCCCN3CC=CC3)n2)c1. The minimum absolute atomic E-state index is 0.567. The Bertz CT molecular complexity index is 681. The van der Waals surface area contributed by atoms with Crippen LogP contribution in [0.4, 0.5) is 17.5 Å². The maximum Gasteiger partial charge on any atom is 0.229 e. The number of benzene rings is 1. The van der Waals surface area contributed by atoms with Crippen molar-refractivity contribution in [1.29, 1.82) is 0 Å². The number of aromatic nitrogens is 2. The third-order valence-corrected chi connectivity index (χ3v) is 3.83. The maximum absolute atomic E-state index is 5.22. The Balaban J connectivity index is 1.49. The van der Waals surface area contributed by atoms with Gasteiger partial charge in [-0.15, -0.1) is 0 Å². The molecule has 0 saturated heterocycles. The molecule has 0 unspecified atom stereocenters. The molecule has 1 aromatic heterocycles. The van der Waals surface area contributed by atoms with Crippen molar-refractivity contribution in [1.82, 2.24) is 14.9 Å². The third-order valence-electron chi connectivity index (χ3n) is 3.83. The van der Waals surface area contributed by atoms with Gasteiger partial charge in [-0.3, -0.25) is 4.90 Å². The average Bonchev–Trinajstić information content (AvgIpc) is 3.13. The molecule has 126 valence electrons. The highest BCUT2D eigenvalue weighted by Gasteiger charge is 2.05. The van der Waals surface area contributed by atoms with E-state index in [2.05, 4.69) is 37.7 Å². The van der Waals surface area contributed by atoms with Gasteiger partial charge < -0.3 is 15.4 Å². The highest BCUT2D eigenvalue weighted by Crippen LogP contribution is 2.19. The molecule has 1 aromatic carbocycles. The first-order valence-corrected chi connectivity index (χ1v) is 8.19. The molecule has 0 bridgehead atoms. The van der Waals surface area contributed by atoms with Gasteiger partial charge in [-0.1, -0.05) is 18.2 Å². The maximum atomic E-state index is 5.22. The van der Waals surface area contributed by atoms with Gasteiger partial charge in [-0.05, 0) is 24.6 Å². The second-order valence-electron chi connectivity index (χ2n) is 5.63. The Morgan fingerprint density at radius 3 is 2.92 bits per heavy atom. The van der Waals surface area contributed by atoms with Gasteiger partial charge in [0, 0.05) is 44.1 Å². The number of hydrogen-bond acceptors (Lipinski definition) is 6. The molecule has 3 rings (SSSR count). The first-order valence-electron chi connectivity index (χ1n) is 8.19. The molecule has 0 amide bonds. The lowest BCUT2D eigenvalue weighted by Gasteiger charge is -2.14. The molecule has 2 aromatic rings. The molecule has 1 aliphatic rings. The number of anilines is 3. The molecule has 1 aliphatic heterocycles. The predicted octanol–water partition coefficient (Wildman–Crippen LogP) is 2.90. The highest BCUT2D eigenvalue weighted by atomic mass is 16.5. The van der Waals surface area contributed by atoms with E-state index < -0.39 is 0 Å². The molecule has 0 atom stereocenters. The van der Waals surface area contributed by atoms with E-state index in [0.717, 1.165) is 49.9 Å². The van der Waals surface area contributed by atoms with Crippen LogP contribution in [0.2, 0.25) is 0 Å². The standard InChI is InChI=1S/C18H23N5O/c1-24-16-7-4-6-15(14-16)21-18-20-10-8-17(22-18)19-9-5-13-23-11-2-3-12-23/h2-4,6-8,10,14H,5,9,11-13H2,1H3,(H2,19,20,21,22). The minimum Gasteiger partial charge on any atom is -0.497 e. The Morgan fingerprint density at radius 1 is 1.21 bits per heavy atom. The van der Waals surface area contributed by atoms with E-state index in [1.54, 1.807) is 13.3 Å². The number of methoxy groups -OCH3 is 1. The van der Waals surface area contributed by atoms with E-state index in [9.17, 15) is 0 Å². The van der Waals surface area contributed by atoms with Crippen LogP contribution in [0, 0.1) is 0 Å². The van der Waals surface area contributed by atoms with Gasteiger partial charge in [0.1, 0.15) is 11.6 Å².